The second-order valence-corrected chi connectivity index (χ2v) is 15.8. The fourth-order valence-corrected chi connectivity index (χ4v) is 10.4. The molecule has 0 amide bonds. The van der Waals surface area contributed by atoms with Gasteiger partial charge in [0.15, 0.2) is 0 Å². The molecule has 1 aliphatic heterocycles. The van der Waals surface area contributed by atoms with Crippen LogP contribution in [0, 0.1) is 46.1 Å². The number of nitrogens with zero attached hydrogens (tertiary/aromatic N) is 2. The van der Waals surface area contributed by atoms with E-state index in [1.54, 1.807) is 0 Å². The number of allylic oxidation sites excluding steroid dienone is 2. The third-order valence-electron chi connectivity index (χ3n) is 12.8. The fraction of sp³-hybridized carbons (Fsp3) is 0.553. The van der Waals surface area contributed by atoms with Gasteiger partial charge in [0.05, 0.1) is 12.4 Å². The minimum Gasteiger partial charge on any atom is -0.677 e. The zero-order chi connectivity index (χ0) is 31.5. The summed E-state index contributed by atoms with van der Waals surface area (Å²) in [5.41, 5.74) is 8.43. The third kappa shape index (κ3) is 9.01. The van der Waals surface area contributed by atoms with Crippen molar-refractivity contribution in [3.8, 4) is 0 Å². The summed E-state index contributed by atoms with van der Waals surface area (Å²) in [6.45, 7) is 9.57. The predicted molar refractivity (Wildman–Crippen MR) is 214 cm³/mol. The number of para-hydroxylation sites is 1. The molecule has 4 atom stereocenters. The van der Waals surface area contributed by atoms with Gasteiger partial charge in [0, 0.05) is 5.92 Å². The van der Waals surface area contributed by atoms with Gasteiger partial charge in [0.25, 0.3) is 0 Å². The molecule has 4 aliphatic carbocycles. The normalized spacial score (nSPS) is 24.8. The Morgan fingerprint density at radius 2 is 1.24 bits per heavy atom. The first-order chi connectivity index (χ1) is 22.6. The topological polar surface area (TPSA) is 17.1 Å². The maximum atomic E-state index is 6.06. The Balaban J connectivity index is 0.00000169. The van der Waals surface area contributed by atoms with Gasteiger partial charge in [-0.15, -0.1) is 11.8 Å². The molecule has 2 aromatic carbocycles. The maximum Gasteiger partial charge on any atom is 4.00 e. The van der Waals surface area contributed by atoms with E-state index in [9.17, 15) is 0 Å². The first-order valence-corrected chi connectivity index (χ1v) is 19.4. The Kier molecular flexibility index (Phi) is 16.9. The second-order valence-electron chi connectivity index (χ2n) is 15.8. The van der Waals surface area contributed by atoms with Crippen molar-refractivity contribution >= 4 is 12.4 Å². The van der Waals surface area contributed by atoms with Crippen LogP contribution in [0.1, 0.15) is 169 Å². The summed E-state index contributed by atoms with van der Waals surface area (Å²) in [7, 11) is 0. The molecule has 0 spiro atoms. The van der Waals surface area contributed by atoms with Gasteiger partial charge in [0.1, 0.15) is 6.04 Å². The van der Waals surface area contributed by atoms with Gasteiger partial charge in [-0.2, -0.15) is 0 Å². The van der Waals surface area contributed by atoms with Crippen LogP contribution in [0.3, 0.4) is 0 Å². The third-order valence-corrected chi connectivity index (χ3v) is 12.8. The zero-order valence-corrected chi connectivity index (χ0v) is 36.0. The minimum atomic E-state index is -0.0751. The van der Waals surface area contributed by atoms with Crippen LogP contribution in [-0.2, 0) is 25.8 Å². The average Bonchev–Trinajstić information content (AvgIpc) is 3.11. The van der Waals surface area contributed by atoms with E-state index in [-0.39, 0.29) is 54.2 Å². The number of rotatable bonds is 8. The van der Waals surface area contributed by atoms with E-state index in [0.29, 0.717) is 23.7 Å². The molecule has 3 heteroatoms. The van der Waals surface area contributed by atoms with Gasteiger partial charge in [-0.25, -0.2) is 0 Å². The van der Waals surface area contributed by atoms with Crippen molar-refractivity contribution in [2.75, 3.05) is 0 Å². The molecular formula is C47H68HfN2. The van der Waals surface area contributed by atoms with Crippen molar-refractivity contribution in [1.29, 1.82) is 0 Å². The van der Waals surface area contributed by atoms with Gasteiger partial charge >= 0.3 is 25.8 Å². The van der Waals surface area contributed by atoms with Crippen LogP contribution in [-0.4, -0.2) is 11.3 Å². The van der Waals surface area contributed by atoms with Crippen molar-refractivity contribution in [1.82, 2.24) is 0 Å². The van der Waals surface area contributed by atoms with Gasteiger partial charge in [-0.3, -0.25) is 4.58 Å². The van der Waals surface area contributed by atoms with Gasteiger partial charge in [-0.05, 0) is 73.3 Å². The monoisotopic (exact) mass is 840 g/mol. The molecule has 4 unspecified atom stereocenters. The first-order valence-electron chi connectivity index (χ1n) is 19.4. The molecule has 2 aromatic rings. The van der Waals surface area contributed by atoms with E-state index in [0.717, 1.165) is 11.8 Å². The van der Waals surface area contributed by atoms with Crippen LogP contribution in [0.4, 0.5) is 5.69 Å². The molecule has 2 nitrogen and oxygen atoms in total. The molecule has 0 bridgehead atoms. The largest absolute Gasteiger partial charge is 4.00 e. The fourth-order valence-electron chi connectivity index (χ4n) is 10.4. The van der Waals surface area contributed by atoms with E-state index < -0.39 is 0 Å². The molecule has 5 aliphatic rings. The quantitative estimate of drug-likeness (QED) is 0.143. The maximum absolute atomic E-state index is 6.06. The van der Waals surface area contributed by atoms with Crippen LogP contribution in [0.5, 0.6) is 0 Å². The molecule has 4 fully saturated rings. The minimum absolute atomic E-state index is 0. The Bertz CT molecular complexity index is 1370. The van der Waals surface area contributed by atoms with Crippen molar-refractivity contribution in [2.45, 2.75) is 147 Å². The average molecular weight is 840 g/mol. The summed E-state index contributed by atoms with van der Waals surface area (Å²) in [5.74, 6) is 4.02. The number of fused-ring (bicyclic) bond motifs is 1. The van der Waals surface area contributed by atoms with E-state index in [1.807, 2.05) is 0 Å². The predicted octanol–water partition coefficient (Wildman–Crippen LogP) is 14.3. The van der Waals surface area contributed by atoms with Crippen LogP contribution in [0.2, 0.25) is 0 Å². The summed E-state index contributed by atoms with van der Waals surface area (Å²) < 4.78 is 2.37. The van der Waals surface area contributed by atoms with Crippen molar-refractivity contribution < 1.29 is 30.4 Å². The van der Waals surface area contributed by atoms with Crippen molar-refractivity contribution in [3.05, 3.63) is 122 Å². The van der Waals surface area contributed by atoms with E-state index in [4.69, 9.17) is 12.0 Å². The molecule has 1 heterocycles. The molecular weight excluding hydrogens is 771 g/mol. The molecule has 0 aromatic heterocycles. The van der Waals surface area contributed by atoms with E-state index >= 15 is 0 Å². The van der Waals surface area contributed by atoms with E-state index in [1.165, 1.54) is 149 Å². The number of benzene rings is 2. The summed E-state index contributed by atoms with van der Waals surface area (Å²) in [6.07, 6.45) is 30.2. The standard InChI is InChI=1S/C44H59N2.3CH3.Hf/c1-31(2)35-23-12-13-25-40(35)44(42-30-16-29-41(46(42)3)39-28-14-22-32-21-10-11-24-36(32)39)45-43-37(33-17-6-4-7-18-33)26-15-27-38(43)34-19-8-5-9-20-34;;;;/h12-13,15-16,23,25-27,29-34,36,39,44H,3-11,14,17-22,24,28H2,1-2H3;3*1H3;/q4*-1;+4. The molecule has 270 valence electrons. The zero-order valence-electron chi connectivity index (χ0n) is 32.4. The number of hydrogen-bond acceptors (Lipinski definition) is 0. The molecule has 4 saturated carbocycles. The molecule has 50 heavy (non-hydrogen) atoms. The van der Waals surface area contributed by atoms with Crippen molar-refractivity contribution in [2.24, 2.45) is 17.8 Å². The van der Waals surface area contributed by atoms with Gasteiger partial charge in [0.2, 0.25) is 0 Å². The van der Waals surface area contributed by atoms with Crippen molar-refractivity contribution in [3.63, 3.8) is 0 Å². The Hall–Kier alpha value is -1.87. The SMILES string of the molecule is C=[N+]1C(C([N-]c2c(C3CCCCC3)cccc2C2CCCCC2)c2ccccc2C(C)C)=CC=C[C-]1C1CCCC2CCCCC21.[CH3-].[CH3-].[CH3-].[Hf+4]. The van der Waals surface area contributed by atoms with Gasteiger partial charge in [-0.1, -0.05) is 162 Å². The Labute approximate surface area is 327 Å². The summed E-state index contributed by atoms with van der Waals surface area (Å²) in [5, 5.41) is 6.06. The summed E-state index contributed by atoms with van der Waals surface area (Å²) in [6, 6.07) is 17.8. The van der Waals surface area contributed by atoms with Crippen LogP contribution in [0.25, 0.3) is 5.32 Å². The Morgan fingerprint density at radius 3 is 1.86 bits per heavy atom. The van der Waals surface area contributed by atoms with E-state index in [2.05, 4.69) is 79.1 Å². The van der Waals surface area contributed by atoms with Gasteiger partial charge < -0.3 is 27.6 Å². The first kappa shape index (κ1) is 42.5. The second kappa shape index (κ2) is 19.8. The summed E-state index contributed by atoms with van der Waals surface area (Å²) >= 11 is 0. The van der Waals surface area contributed by atoms with Crippen LogP contribution < -0.4 is 0 Å². The summed E-state index contributed by atoms with van der Waals surface area (Å²) in [4.78, 5) is 0. The smallest absolute Gasteiger partial charge is 0.677 e. The molecule has 7 rings (SSSR count). The molecule has 0 saturated heterocycles. The molecule has 0 N–H and O–H groups in total. The van der Waals surface area contributed by atoms with Crippen LogP contribution in [0.15, 0.2) is 66.4 Å². The van der Waals surface area contributed by atoms with Crippen LogP contribution >= 0.6 is 0 Å². The molecule has 0 radical (unpaired) electrons. The Morgan fingerprint density at radius 1 is 0.680 bits per heavy atom. The number of hydrogen-bond donors (Lipinski definition) is 0.